The Morgan fingerprint density at radius 2 is 1.80 bits per heavy atom. The highest BCUT2D eigenvalue weighted by Gasteiger charge is 2.37. The molecule has 88 valence electrons. The molecule has 1 heterocycles. The molecule has 0 amide bonds. The van der Waals surface area contributed by atoms with Crippen molar-refractivity contribution in [3.05, 3.63) is 0 Å². The van der Waals surface area contributed by atoms with Crippen LogP contribution in [0.4, 0.5) is 0 Å². The lowest BCUT2D eigenvalue weighted by Gasteiger charge is -2.28. The van der Waals surface area contributed by atoms with Crippen LogP contribution in [0, 0.1) is 11.3 Å². The van der Waals surface area contributed by atoms with E-state index in [2.05, 4.69) is 26.1 Å². The Balaban J connectivity index is 1.83. The van der Waals surface area contributed by atoms with Gasteiger partial charge in [0.2, 0.25) is 0 Å². The van der Waals surface area contributed by atoms with Gasteiger partial charge in [-0.3, -0.25) is 0 Å². The number of ether oxygens (including phenoxy) is 1. The summed E-state index contributed by atoms with van der Waals surface area (Å²) in [6.07, 6.45) is 5.10. The predicted molar refractivity (Wildman–Crippen MR) is 62.9 cm³/mol. The first-order valence-corrected chi connectivity index (χ1v) is 6.41. The van der Waals surface area contributed by atoms with Crippen LogP contribution in [0.3, 0.4) is 0 Å². The van der Waals surface area contributed by atoms with Crippen LogP contribution >= 0.6 is 0 Å². The fraction of sp³-hybridized carbons (Fsp3) is 1.00. The van der Waals surface area contributed by atoms with Crippen LogP contribution in [-0.4, -0.2) is 25.3 Å². The standard InChI is InChI=1S/C13H25NO/c1-10-8-13(2,3)9-12(10)14-11-4-6-15-7-5-11/h10-12,14H,4-9H2,1-3H3. The molecule has 1 aliphatic heterocycles. The van der Waals surface area contributed by atoms with Crippen molar-refractivity contribution in [3.8, 4) is 0 Å². The van der Waals surface area contributed by atoms with Crippen molar-refractivity contribution in [2.24, 2.45) is 11.3 Å². The van der Waals surface area contributed by atoms with Gasteiger partial charge in [0, 0.05) is 25.3 Å². The van der Waals surface area contributed by atoms with E-state index in [1.165, 1.54) is 25.7 Å². The zero-order chi connectivity index (χ0) is 10.9. The summed E-state index contributed by atoms with van der Waals surface area (Å²) in [5.41, 5.74) is 0.544. The van der Waals surface area contributed by atoms with E-state index in [1.54, 1.807) is 0 Å². The monoisotopic (exact) mass is 211 g/mol. The van der Waals surface area contributed by atoms with E-state index < -0.39 is 0 Å². The first-order chi connectivity index (χ1) is 7.07. The van der Waals surface area contributed by atoms with E-state index in [9.17, 15) is 0 Å². The summed E-state index contributed by atoms with van der Waals surface area (Å²) in [5.74, 6) is 0.836. The normalized spacial score (nSPS) is 37.0. The lowest BCUT2D eigenvalue weighted by molar-refractivity contribution is 0.0733. The molecule has 0 bridgehead atoms. The van der Waals surface area contributed by atoms with Gasteiger partial charge in [0.1, 0.15) is 0 Å². The minimum Gasteiger partial charge on any atom is -0.381 e. The van der Waals surface area contributed by atoms with E-state index >= 15 is 0 Å². The minimum atomic E-state index is 0.544. The molecule has 0 aromatic heterocycles. The van der Waals surface area contributed by atoms with Crippen LogP contribution in [0.2, 0.25) is 0 Å². The molecule has 2 unspecified atom stereocenters. The quantitative estimate of drug-likeness (QED) is 0.758. The fourth-order valence-corrected chi connectivity index (χ4v) is 3.28. The van der Waals surface area contributed by atoms with Crippen LogP contribution in [-0.2, 0) is 4.74 Å². The zero-order valence-electron chi connectivity index (χ0n) is 10.4. The van der Waals surface area contributed by atoms with Gasteiger partial charge in [-0.05, 0) is 37.0 Å². The van der Waals surface area contributed by atoms with Crippen molar-refractivity contribution in [1.82, 2.24) is 5.32 Å². The lowest BCUT2D eigenvalue weighted by atomic mass is 9.91. The topological polar surface area (TPSA) is 21.3 Å². The SMILES string of the molecule is CC1CC(C)(C)CC1NC1CCOCC1. The van der Waals surface area contributed by atoms with Gasteiger partial charge in [-0.2, -0.15) is 0 Å². The molecule has 0 aromatic rings. The maximum Gasteiger partial charge on any atom is 0.0480 e. The first kappa shape index (κ1) is 11.4. The van der Waals surface area contributed by atoms with Crippen molar-refractivity contribution in [2.45, 2.75) is 58.5 Å². The van der Waals surface area contributed by atoms with Crippen molar-refractivity contribution >= 4 is 0 Å². The minimum absolute atomic E-state index is 0.544. The van der Waals surface area contributed by atoms with Gasteiger partial charge in [0.05, 0.1) is 0 Å². The molecule has 2 nitrogen and oxygen atoms in total. The van der Waals surface area contributed by atoms with E-state index in [4.69, 9.17) is 4.74 Å². The Morgan fingerprint density at radius 3 is 2.33 bits per heavy atom. The van der Waals surface area contributed by atoms with Crippen molar-refractivity contribution in [1.29, 1.82) is 0 Å². The average Bonchev–Trinajstić information content (AvgIpc) is 2.41. The Bertz CT molecular complexity index is 209. The molecule has 1 saturated carbocycles. The second-order valence-corrected chi connectivity index (χ2v) is 6.21. The molecule has 1 saturated heterocycles. The molecule has 2 atom stereocenters. The van der Waals surface area contributed by atoms with Crippen molar-refractivity contribution in [2.75, 3.05) is 13.2 Å². The molecule has 0 spiro atoms. The van der Waals surface area contributed by atoms with E-state index in [0.29, 0.717) is 11.5 Å². The smallest absolute Gasteiger partial charge is 0.0480 e. The number of hydrogen-bond donors (Lipinski definition) is 1. The molecular weight excluding hydrogens is 186 g/mol. The second kappa shape index (κ2) is 4.42. The molecule has 2 rings (SSSR count). The first-order valence-electron chi connectivity index (χ1n) is 6.41. The van der Waals surface area contributed by atoms with Gasteiger partial charge < -0.3 is 10.1 Å². The van der Waals surface area contributed by atoms with Crippen LogP contribution in [0.15, 0.2) is 0 Å². The van der Waals surface area contributed by atoms with Crippen LogP contribution < -0.4 is 5.32 Å². The number of hydrogen-bond acceptors (Lipinski definition) is 2. The lowest BCUT2D eigenvalue weighted by Crippen LogP contribution is -2.43. The molecular formula is C13H25NO. The molecule has 0 radical (unpaired) electrons. The van der Waals surface area contributed by atoms with E-state index in [1.807, 2.05) is 0 Å². The maximum absolute atomic E-state index is 5.39. The van der Waals surface area contributed by atoms with E-state index in [0.717, 1.165) is 25.2 Å². The third kappa shape index (κ3) is 2.94. The summed E-state index contributed by atoms with van der Waals surface area (Å²) in [5, 5.41) is 3.84. The highest BCUT2D eigenvalue weighted by molar-refractivity contribution is 4.92. The predicted octanol–water partition coefficient (Wildman–Crippen LogP) is 2.58. The van der Waals surface area contributed by atoms with Gasteiger partial charge >= 0.3 is 0 Å². The molecule has 2 fully saturated rings. The Kier molecular flexibility index (Phi) is 3.36. The fourth-order valence-electron chi connectivity index (χ4n) is 3.28. The molecule has 2 heteroatoms. The summed E-state index contributed by atoms with van der Waals surface area (Å²) < 4.78 is 5.39. The molecule has 2 aliphatic rings. The third-order valence-electron chi connectivity index (χ3n) is 4.01. The van der Waals surface area contributed by atoms with Gasteiger partial charge in [-0.15, -0.1) is 0 Å². The second-order valence-electron chi connectivity index (χ2n) is 6.21. The largest absolute Gasteiger partial charge is 0.381 e. The average molecular weight is 211 g/mol. The van der Waals surface area contributed by atoms with Crippen molar-refractivity contribution < 1.29 is 4.74 Å². The summed E-state index contributed by atoms with van der Waals surface area (Å²) in [6.45, 7) is 9.08. The van der Waals surface area contributed by atoms with Crippen LogP contribution in [0.5, 0.6) is 0 Å². The summed E-state index contributed by atoms with van der Waals surface area (Å²) in [4.78, 5) is 0. The summed E-state index contributed by atoms with van der Waals surface area (Å²) >= 11 is 0. The van der Waals surface area contributed by atoms with Gasteiger partial charge in [0.25, 0.3) is 0 Å². The van der Waals surface area contributed by atoms with Gasteiger partial charge in [-0.1, -0.05) is 20.8 Å². The Hall–Kier alpha value is -0.0800. The Labute approximate surface area is 93.8 Å². The third-order valence-corrected chi connectivity index (χ3v) is 4.01. The molecule has 15 heavy (non-hydrogen) atoms. The maximum atomic E-state index is 5.39. The van der Waals surface area contributed by atoms with Crippen LogP contribution in [0.1, 0.15) is 46.5 Å². The van der Waals surface area contributed by atoms with Gasteiger partial charge in [0.15, 0.2) is 0 Å². The number of nitrogens with one attached hydrogen (secondary N) is 1. The molecule has 1 N–H and O–H groups in total. The molecule has 0 aromatic carbocycles. The highest BCUT2D eigenvalue weighted by Crippen LogP contribution is 2.41. The molecule has 1 aliphatic carbocycles. The highest BCUT2D eigenvalue weighted by atomic mass is 16.5. The summed E-state index contributed by atoms with van der Waals surface area (Å²) in [6, 6.07) is 1.45. The summed E-state index contributed by atoms with van der Waals surface area (Å²) in [7, 11) is 0. The van der Waals surface area contributed by atoms with E-state index in [-0.39, 0.29) is 0 Å². The van der Waals surface area contributed by atoms with Gasteiger partial charge in [-0.25, -0.2) is 0 Å². The Morgan fingerprint density at radius 1 is 1.13 bits per heavy atom. The number of rotatable bonds is 2. The van der Waals surface area contributed by atoms with Crippen molar-refractivity contribution in [3.63, 3.8) is 0 Å². The zero-order valence-corrected chi connectivity index (χ0v) is 10.4. The van der Waals surface area contributed by atoms with Crippen LogP contribution in [0.25, 0.3) is 0 Å².